The van der Waals surface area contributed by atoms with E-state index in [0.717, 1.165) is 0 Å². The van der Waals surface area contributed by atoms with Crippen molar-refractivity contribution in [2.75, 3.05) is 18.4 Å². The van der Waals surface area contributed by atoms with E-state index in [9.17, 15) is 24.5 Å². The number of carbonyl (C=O) groups is 3. The van der Waals surface area contributed by atoms with Gasteiger partial charge in [0.1, 0.15) is 0 Å². The fourth-order valence-corrected chi connectivity index (χ4v) is 1.39. The molecule has 1 aromatic rings. The van der Waals surface area contributed by atoms with Crippen LogP contribution in [0, 0.1) is 10.1 Å². The van der Waals surface area contributed by atoms with Crippen LogP contribution in [0.15, 0.2) is 24.3 Å². The van der Waals surface area contributed by atoms with E-state index in [1.807, 2.05) is 0 Å². The number of nitro groups is 1. The van der Waals surface area contributed by atoms with Crippen LogP contribution in [0.1, 0.15) is 6.42 Å². The topological polar surface area (TPSA) is 130 Å². The van der Waals surface area contributed by atoms with Crippen molar-refractivity contribution in [3.63, 3.8) is 0 Å². The maximum Gasteiger partial charge on any atom is 0.313 e. The van der Waals surface area contributed by atoms with E-state index < -0.39 is 16.7 Å². The third kappa shape index (κ3) is 5.68. The average Bonchev–Trinajstić information content (AvgIpc) is 2.47. The van der Waals surface area contributed by atoms with Crippen molar-refractivity contribution < 1.29 is 19.3 Å². The first-order valence-electron chi connectivity index (χ1n) is 6.05. The van der Waals surface area contributed by atoms with Crippen molar-refractivity contribution in [1.82, 2.24) is 10.6 Å². The lowest BCUT2D eigenvalue weighted by atomic mass is 10.3. The van der Waals surface area contributed by atoms with E-state index in [0.29, 0.717) is 19.4 Å². The Balaban J connectivity index is 2.39. The Kier molecular flexibility index (Phi) is 6.32. The van der Waals surface area contributed by atoms with Crippen LogP contribution in [0.4, 0.5) is 11.4 Å². The van der Waals surface area contributed by atoms with E-state index in [-0.39, 0.29) is 17.9 Å². The molecule has 0 aliphatic carbocycles. The zero-order valence-corrected chi connectivity index (χ0v) is 11.0. The predicted molar refractivity (Wildman–Crippen MR) is 73.4 cm³/mol. The standard InChI is InChI=1S/C12H14N4O5/c17-8-13-6-1-7-14-11(18)12(19)15-9-2-4-10(5-3-9)16(20)21/h2-5,8H,1,6-7H2,(H,13,17)(H,14,18)(H,15,19). The van der Waals surface area contributed by atoms with Gasteiger partial charge >= 0.3 is 11.8 Å². The minimum Gasteiger partial charge on any atom is -0.359 e. The zero-order chi connectivity index (χ0) is 15.7. The molecule has 1 rings (SSSR count). The normalized spacial score (nSPS) is 9.52. The zero-order valence-electron chi connectivity index (χ0n) is 11.0. The van der Waals surface area contributed by atoms with E-state index in [1.165, 1.54) is 24.3 Å². The van der Waals surface area contributed by atoms with E-state index in [1.54, 1.807) is 0 Å². The lowest BCUT2D eigenvalue weighted by Crippen LogP contribution is -2.36. The van der Waals surface area contributed by atoms with Crippen LogP contribution in [0.25, 0.3) is 0 Å². The molecule has 0 fully saturated rings. The van der Waals surface area contributed by atoms with Gasteiger partial charge in [-0.05, 0) is 18.6 Å². The van der Waals surface area contributed by atoms with Gasteiger partial charge in [0.05, 0.1) is 4.92 Å². The van der Waals surface area contributed by atoms with Crippen LogP contribution in [-0.2, 0) is 14.4 Å². The molecule has 1 aromatic carbocycles. The molecule has 0 radical (unpaired) electrons. The Morgan fingerprint density at radius 1 is 1.14 bits per heavy atom. The van der Waals surface area contributed by atoms with Gasteiger partial charge in [-0.2, -0.15) is 0 Å². The molecule has 21 heavy (non-hydrogen) atoms. The molecule has 112 valence electrons. The van der Waals surface area contributed by atoms with Gasteiger partial charge in [-0.1, -0.05) is 0 Å². The molecule has 0 bridgehead atoms. The molecule has 0 aromatic heterocycles. The van der Waals surface area contributed by atoms with Gasteiger partial charge in [-0.25, -0.2) is 0 Å². The Morgan fingerprint density at radius 3 is 2.38 bits per heavy atom. The summed E-state index contributed by atoms with van der Waals surface area (Å²) < 4.78 is 0. The number of anilines is 1. The second kappa shape index (κ2) is 8.25. The molecule has 3 N–H and O–H groups in total. The first kappa shape index (κ1) is 16.1. The molecule has 0 aliphatic rings. The maximum absolute atomic E-state index is 11.5. The molecule has 0 heterocycles. The summed E-state index contributed by atoms with van der Waals surface area (Å²) in [4.78, 5) is 42.8. The van der Waals surface area contributed by atoms with Gasteiger partial charge < -0.3 is 16.0 Å². The summed E-state index contributed by atoms with van der Waals surface area (Å²) in [5.41, 5.74) is 0.170. The Hall–Kier alpha value is -2.97. The summed E-state index contributed by atoms with van der Waals surface area (Å²) >= 11 is 0. The van der Waals surface area contributed by atoms with Crippen molar-refractivity contribution >= 4 is 29.6 Å². The van der Waals surface area contributed by atoms with Crippen molar-refractivity contribution in [3.05, 3.63) is 34.4 Å². The third-order valence-corrected chi connectivity index (χ3v) is 2.41. The first-order chi connectivity index (χ1) is 10.0. The molecule has 9 heteroatoms. The second-order valence-corrected chi connectivity index (χ2v) is 3.94. The van der Waals surface area contributed by atoms with Crippen LogP contribution in [0.3, 0.4) is 0 Å². The fourth-order valence-electron chi connectivity index (χ4n) is 1.39. The van der Waals surface area contributed by atoms with Gasteiger partial charge in [0.25, 0.3) is 5.69 Å². The number of benzene rings is 1. The molecule has 0 saturated carbocycles. The monoisotopic (exact) mass is 294 g/mol. The van der Waals surface area contributed by atoms with Crippen molar-refractivity contribution in [2.45, 2.75) is 6.42 Å². The van der Waals surface area contributed by atoms with Gasteiger partial charge in [0.2, 0.25) is 6.41 Å². The summed E-state index contributed by atoms with van der Waals surface area (Å²) in [6.45, 7) is 0.640. The number of nitrogens with one attached hydrogen (secondary N) is 3. The molecule has 0 spiro atoms. The van der Waals surface area contributed by atoms with Crippen molar-refractivity contribution in [1.29, 1.82) is 0 Å². The summed E-state index contributed by atoms with van der Waals surface area (Å²) in [6.07, 6.45) is 1.04. The molecular formula is C12H14N4O5. The Labute approximate surface area is 119 Å². The van der Waals surface area contributed by atoms with Gasteiger partial charge in [-0.15, -0.1) is 0 Å². The van der Waals surface area contributed by atoms with Crippen molar-refractivity contribution in [2.24, 2.45) is 0 Å². The number of nitro benzene ring substituents is 1. The molecular weight excluding hydrogens is 280 g/mol. The highest BCUT2D eigenvalue weighted by atomic mass is 16.6. The number of hydrogen-bond donors (Lipinski definition) is 3. The van der Waals surface area contributed by atoms with Crippen LogP contribution in [-0.4, -0.2) is 36.2 Å². The Morgan fingerprint density at radius 2 is 1.81 bits per heavy atom. The lowest BCUT2D eigenvalue weighted by Gasteiger charge is -2.06. The van der Waals surface area contributed by atoms with Crippen molar-refractivity contribution in [3.8, 4) is 0 Å². The third-order valence-electron chi connectivity index (χ3n) is 2.41. The minimum absolute atomic E-state index is 0.111. The molecule has 0 unspecified atom stereocenters. The summed E-state index contributed by atoms with van der Waals surface area (Å²) in [6, 6.07) is 5.10. The van der Waals surface area contributed by atoms with Crippen LogP contribution in [0.2, 0.25) is 0 Å². The number of carbonyl (C=O) groups excluding carboxylic acids is 3. The summed E-state index contributed by atoms with van der Waals surface area (Å²) in [5.74, 6) is -1.69. The summed E-state index contributed by atoms with van der Waals surface area (Å²) in [7, 11) is 0. The number of amides is 3. The highest BCUT2D eigenvalue weighted by Crippen LogP contribution is 2.15. The van der Waals surface area contributed by atoms with Crippen LogP contribution in [0.5, 0.6) is 0 Å². The SMILES string of the molecule is O=CNCCCNC(=O)C(=O)Nc1ccc([N+](=O)[O-])cc1. The van der Waals surface area contributed by atoms with E-state index in [4.69, 9.17) is 0 Å². The number of nitrogens with zero attached hydrogens (tertiary/aromatic N) is 1. The Bertz CT molecular complexity index is 529. The number of hydrogen-bond acceptors (Lipinski definition) is 5. The van der Waals surface area contributed by atoms with Crippen LogP contribution >= 0.6 is 0 Å². The first-order valence-corrected chi connectivity index (χ1v) is 6.05. The fraction of sp³-hybridized carbons (Fsp3) is 0.250. The smallest absolute Gasteiger partial charge is 0.313 e. The highest BCUT2D eigenvalue weighted by molar-refractivity contribution is 6.39. The molecule has 9 nitrogen and oxygen atoms in total. The number of rotatable bonds is 7. The lowest BCUT2D eigenvalue weighted by molar-refractivity contribution is -0.384. The number of non-ortho nitro benzene ring substituents is 1. The molecule has 3 amide bonds. The van der Waals surface area contributed by atoms with Gasteiger partial charge in [-0.3, -0.25) is 24.5 Å². The molecule has 0 aliphatic heterocycles. The molecule has 0 atom stereocenters. The van der Waals surface area contributed by atoms with E-state index in [2.05, 4.69) is 16.0 Å². The molecule has 0 saturated heterocycles. The summed E-state index contributed by atoms with van der Waals surface area (Å²) in [5, 5.41) is 17.6. The quantitative estimate of drug-likeness (QED) is 0.210. The van der Waals surface area contributed by atoms with Gasteiger partial charge in [0, 0.05) is 30.9 Å². The average molecular weight is 294 g/mol. The van der Waals surface area contributed by atoms with E-state index >= 15 is 0 Å². The maximum atomic E-state index is 11.5. The van der Waals surface area contributed by atoms with Gasteiger partial charge in [0.15, 0.2) is 0 Å². The highest BCUT2D eigenvalue weighted by Gasteiger charge is 2.13. The largest absolute Gasteiger partial charge is 0.359 e. The second-order valence-electron chi connectivity index (χ2n) is 3.94. The van der Waals surface area contributed by atoms with Crippen LogP contribution < -0.4 is 16.0 Å². The predicted octanol–water partition coefficient (Wildman–Crippen LogP) is -0.214. The minimum atomic E-state index is -0.868.